The van der Waals surface area contributed by atoms with E-state index in [1.807, 2.05) is 32.2 Å². The SMILES string of the molecule is Cc1c(-c2ccc(O)cc2)n(CCCCCCN(C)CCCS(=O)CCCC(F)(F)C(F)(F)F)c2ccc(O)cc12. The number of aryl methyl sites for hydroxylation is 2. The molecule has 0 aliphatic heterocycles. The molecule has 0 radical (unpaired) electrons. The first kappa shape index (κ1) is 32.8. The Kier molecular flexibility index (Phi) is 11.6. The van der Waals surface area contributed by atoms with Crippen LogP contribution in [0.4, 0.5) is 22.0 Å². The zero-order valence-electron chi connectivity index (χ0n) is 23.5. The first-order chi connectivity index (χ1) is 19.3. The van der Waals surface area contributed by atoms with E-state index in [-0.39, 0.29) is 23.0 Å². The van der Waals surface area contributed by atoms with E-state index in [0.717, 1.165) is 66.5 Å². The maximum Gasteiger partial charge on any atom is 0.453 e. The van der Waals surface area contributed by atoms with E-state index >= 15 is 0 Å². The van der Waals surface area contributed by atoms with Crippen molar-refractivity contribution in [1.29, 1.82) is 0 Å². The Balaban J connectivity index is 1.39. The van der Waals surface area contributed by atoms with Crippen LogP contribution in [-0.4, -0.2) is 67.6 Å². The van der Waals surface area contributed by atoms with Crippen LogP contribution < -0.4 is 0 Å². The molecule has 0 fully saturated rings. The molecule has 11 heteroatoms. The highest BCUT2D eigenvalue weighted by atomic mass is 32.2. The standard InChI is InChI=1S/C30H39F5N2O3S/c1-22-26-21-25(39)13-14-27(26)37(28(22)23-9-11-24(38)12-10-23)18-6-4-3-5-16-36(2)17-8-20-41(40)19-7-15-29(31,32)30(33,34)35/h9-14,21,38-39H,3-8,15-20H2,1-2H3. The van der Waals surface area contributed by atoms with Crippen molar-refractivity contribution in [2.24, 2.45) is 0 Å². The fraction of sp³-hybridized carbons (Fsp3) is 0.533. The number of nitrogens with zero attached hydrogens (tertiary/aromatic N) is 2. The molecule has 1 aromatic heterocycles. The molecule has 41 heavy (non-hydrogen) atoms. The predicted octanol–water partition coefficient (Wildman–Crippen LogP) is 7.64. The molecule has 0 saturated carbocycles. The fourth-order valence-electron chi connectivity index (χ4n) is 5.05. The lowest BCUT2D eigenvalue weighted by Crippen LogP contribution is -2.36. The molecule has 228 valence electrons. The van der Waals surface area contributed by atoms with Gasteiger partial charge in [-0.3, -0.25) is 4.21 Å². The molecular formula is C30H39F5N2O3S. The number of halogens is 5. The van der Waals surface area contributed by atoms with Crippen molar-refractivity contribution in [1.82, 2.24) is 9.47 Å². The van der Waals surface area contributed by atoms with E-state index in [1.54, 1.807) is 24.3 Å². The third-order valence-corrected chi connectivity index (χ3v) is 8.79. The van der Waals surface area contributed by atoms with E-state index in [2.05, 4.69) is 9.47 Å². The highest BCUT2D eigenvalue weighted by Crippen LogP contribution is 2.39. The van der Waals surface area contributed by atoms with Crippen LogP contribution in [0.2, 0.25) is 0 Å². The molecule has 5 nitrogen and oxygen atoms in total. The van der Waals surface area contributed by atoms with Crippen LogP contribution in [-0.2, 0) is 17.3 Å². The molecule has 0 spiro atoms. The summed E-state index contributed by atoms with van der Waals surface area (Å²) >= 11 is 0. The number of hydrogen-bond donors (Lipinski definition) is 2. The first-order valence-electron chi connectivity index (χ1n) is 13.9. The highest BCUT2D eigenvalue weighted by molar-refractivity contribution is 7.84. The molecule has 2 aromatic carbocycles. The fourth-order valence-corrected chi connectivity index (χ4v) is 6.17. The summed E-state index contributed by atoms with van der Waals surface area (Å²) in [5, 5.41) is 20.7. The minimum absolute atomic E-state index is 0.152. The number of phenols is 2. The van der Waals surface area contributed by atoms with Gasteiger partial charge in [-0.2, -0.15) is 22.0 Å². The number of unbranched alkanes of at least 4 members (excludes halogenated alkanes) is 3. The summed E-state index contributed by atoms with van der Waals surface area (Å²) in [6, 6.07) is 12.5. The molecule has 1 atom stereocenters. The predicted molar refractivity (Wildman–Crippen MR) is 154 cm³/mol. The van der Waals surface area contributed by atoms with Crippen molar-refractivity contribution in [3.63, 3.8) is 0 Å². The summed E-state index contributed by atoms with van der Waals surface area (Å²) in [5.74, 6) is -4.17. The Morgan fingerprint density at radius 2 is 1.44 bits per heavy atom. The Morgan fingerprint density at radius 1 is 0.829 bits per heavy atom. The Hall–Kier alpha value is -2.66. The lowest BCUT2D eigenvalue weighted by Gasteiger charge is -2.19. The van der Waals surface area contributed by atoms with E-state index in [1.165, 1.54) is 0 Å². The molecule has 2 N–H and O–H groups in total. The quantitative estimate of drug-likeness (QED) is 0.131. The lowest BCUT2D eigenvalue weighted by atomic mass is 10.1. The van der Waals surface area contributed by atoms with Crippen LogP contribution in [0, 0.1) is 6.92 Å². The number of alkyl halides is 5. The third kappa shape index (κ3) is 9.16. The van der Waals surface area contributed by atoms with Gasteiger partial charge in [0, 0.05) is 46.2 Å². The van der Waals surface area contributed by atoms with Crippen LogP contribution >= 0.6 is 0 Å². The van der Waals surface area contributed by atoms with Gasteiger partial charge in [0.2, 0.25) is 0 Å². The summed E-state index contributed by atoms with van der Waals surface area (Å²) < 4.78 is 76.8. The van der Waals surface area contributed by atoms with Crippen LogP contribution in [0.5, 0.6) is 11.5 Å². The van der Waals surface area contributed by atoms with Gasteiger partial charge in [-0.1, -0.05) is 12.8 Å². The maximum absolute atomic E-state index is 13.0. The molecular weight excluding hydrogens is 563 g/mol. The molecule has 0 aliphatic carbocycles. The summed E-state index contributed by atoms with van der Waals surface area (Å²) in [6.45, 7) is 4.39. The number of rotatable bonds is 16. The van der Waals surface area contributed by atoms with Crippen molar-refractivity contribution < 1.29 is 36.4 Å². The van der Waals surface area contributed by atoms with Crippen molar-refractivity contribution in [2.75, 3.05) is 31.6 Å². The second-order valence-corrected chi connectivity index (χ2v) is 12.3. The zero-order chi connectivity index (χ0) is 30.2. The number of benzene rings is 2. The van der Waals surface area contributed by atoms with Gasteiger partial charge in [-0.05, 0) is 106 Å². The summed E-state index contributed by atoms with van der Waals surface area (Å²) in [6.07, 6.45) is -2.73. The summed E-state index contributed by atoms with van der Waals surface area (Å²) in [7, 11) is 0.550. The van der Waals surface area contributed by atoms with E-state index < -0.39 is 35.7 Å². The Bertz CT molecular complexity index is 1290. The average molecular weight is 603 g/mol. The van der Waals surface area contributed by atoms with E-state index in [9.17, 15) is 36.4 Å². The molecule has 1 heterocycles. The summed E-state index contributed by atoms with van der Waals surface area (Å²) in [5.41, 5.74) is 4.19. The van der Waals surface area contributed by atoms with E-state index in [0.29, 0.717) is 13.0 Å². The third-order valence-electron chi connectivity index (χ3n) is 7.30. The molecule has 0 aliphatic rings. The number of aromatic nitrogens is 1. The maximum atomic E-state index is 13.0. The van der Waals surface area contributed by atoms with Gasteiger partial charge in [0.1, 0.15) is 11.5 Å². The van der Waals surface area contributed by atoms with Crippen molar-refractivity contribution in [2.45, 2.75) is 70.5 Å². The van der Waals surface area contributed by atoms with Gasteiger partial charge < -0.3 is 19.7 Å². The molecule has 0 amide bonds. The van der Waals surface area contributed by atoms with Crippen LogP contribution in [0.15, 0.2) is 42.5 Å². The Morgan fingerprint density at radius 3 is 2.12 bits per heavy atom. The van der Waals surface area contributed by atoms with Crippen molar-refractivity contribution >= 4 is 21.7 Å². The smallest absolute Gasteiger partial charge is 0.453 e. The minimum Gasteiger partial charge on any atom is -0.508 e. The lowest BCUT2D eigenvalue weighted by molar-refractivity contribution is -0.284. The van der Waals surface area contributed by atoms with Crippen LogP contribution in [0.3, 0.4) is 0 Å². The van der Waals surface area contributed by atoms with E-state index in [4.69, 9.17) is 0 Å². The van der Waals surface area contributed by atoms with Gasteiger partial charge in [-0.25, -0.2) is 0 Å². The average Bonchev–Trinajstić information content (AvgIpc) is 3.16. The van der Waals surface area contributed by atoms with Gasteiger partial charge in [0.05, 0.1) is 5.69 Å². The molecule has 1 unspecified atom stereocenters. The zero-order valence-corrected chi connectivity index (χ0v) is 24.3. The van der Waals surface area contributed by atoms with Gasteiger partial charge in [0.25, 0.3) is 0 Å². The molecule has 3 aromatic rings. The first-order valence-corrected chi connectivity index (χ1v) is 15.4. The second kappa shape index (κ2) is 14.5. The number of aromatic hydroxyl groups is 2. The second-order valence-electron chi connectivity index (χ2n) is 10.6. The number of fused-ring (bicyclic) bond motifs is 1. The largest absolute Gasteiger partial charge is 0.508 e. The normalized spacial score (nSPS) is 13.4. The minimum atomic E-state index is -5.56. The van der Waals surface area contributed by atoms with Crippen LogP contribution in [0.25, 0.3) is 22.2 Å². The molecule has 0 bridgehead atoms. The van der Waals surface area contributed by atoms with Crippen molar-refractivity contribution in [3.05, 3.63) is 48.0 Å². The van der Waals surface area contributed by atoms with Gasteiger partial charge in [-0.15, -0.1) is 0 Å². The van der Waals surface area contributed by atoms with Gasteiger partial charge in [0.15, 0.2) is 0 Å². The highest BCUT2D eigenvalue weighted by Gasteiger charge is 2.56. The topological polar surface area (TPSA) is 65.7 Å². The molecule has 3 rings (SSSR count). The number of hydrogen-bond acceptors (Lipinski definition) is 4. The Labute approximate surface area is 240 Å². The molecule has 0 saturated heterocycles. The van der Waals surface area contributed by atoms with Gasteiger partial charge >= 0.3 is 12.1 Å². The summed E-state index contributed by atoms with van der Waals surface area (Å²) in [4.78, 5) is 2.12. The monoisotopic (exact) mass is 602 g/mol. The van der Waals surface area contributed by atoms with Crippen LogP contribution in [0.1, 0.15) is 50.5 Å². The number of phenolic OH excluding ortho intramolecular Hbond substituents is 2. The van der Waals surface area contributed by atoms with Crippen molar-refractivity contribution in [3.8, 4) is 22.8 Å².